The Labute approximate surface area is 232 Å². The van der Waals surface area contributed by atoms with Crippen LogP contribution in [0.15, 0.2) is 70.5 Å². The molecule has 0 atom stereocenters. The van der Waals surface area contributed by atoms with Crippen LogP contribution in [-0.4, -0.2) is 9.85 Å². The van der Waals surface area contributed by atoms with Crippen LogP contribution in [0.25, 0.3) is 22.3 Å². The first kappa shape index (κ1) is 27.1. The fourth-order valence-electron chi connectivity index (χ4n) is 3.48. The number of hydrogen-bond acceptors (Lipinski definition) is 5. The van der Waals surface area contributed by atoms with E-state index in [1.807, 2.05) is 0 Å². The lowest BCUT2D eigenvalue weighted by Gasteiger charge is -2.15. The number of non-ortho nitro benzene ring substituents is 2. The zero-order valence-electron chi connectivity index (χ0n) is 18.0. The van der Waals surface area contributed by atoms with Crippen LogP contribution >= 0.6 is 58.2 Å². The minimum absolute atomic E-state index is 0.0427. The second-order valence-electron chi connectivity index (χ2n) is 7.41. The molecule has 0 aliphatic heterocycles. The molecule has 4 rings (SSSR count). The molecule has 0 amide bonds. The highest BCUT2D eigenvalue weighted by Crippen LogP contribution is 2.48. The van der Waals surface area contributed by atoms with Gasteiger partial charge in [0.25, 0.3) is 11.4 Å². The number of halogens is 6. The standard InChI is InChI=1S/C24H10Cl4F2N2O4S/c25-15-5-7-19(23(27)21(15)13-3-1-11(31(33)34)9-17(13)29)37-20-8-6-16(26)22(24(20)28)14-4-2-12(32(35)36)10-18(14)30/h1-10H. The Bertz CT molecular complexity index is 1490. The highest BCUT2D eigenvalue weighted by Gasteiger charge is 2.22. The van der Waals surface area contributed by atoms with Crippen molar-refractivity contribution in [2.75, 3.05) is 0 Å². The first-order chi connectivity index (χ1) is 17.5. The average Bonchev–Trinajstić information content (AvgIpc) is 2.84. The summed E-state index contributed by atoms with van der Waals surface area (Å²) in [5.41, 5.74) is -0.714. The van der Waals surface area contributed by atoms with Crippen LogP contribution < -0.4 is 0 Å². The molecule has 0 radical (unpaired) electrons. The van der Waals surface area contributed by atoms with Crippen molar-refractivity contribution in [3.05, 3.63) is 113 Å². The first-order valence-corrected chi connectivity index (χ1v) is 12.3. The molecule has 0 saturated carbocycles. The summed E-state index contributed by atoms with van der Waals surface area (Å²) in [6, 6.07) is 12.3. The van der Waals surface area contributed by atoms with Gasteiger partial charge in [-0.1, -0.05) is 58.2 Å². The maximum Gasteiger partial charge on any atom is 0.272 e. The van der Waals surface area contributed by atoms with Gasteiger partial charge in [0, 0.05) is 44.2 Å². The summed E-state index contributed by atoms with van der Waals surface area (Å²) in [6.45, 7) is 0. The largest absolute Gasteiger partial charge is 0.272 e. The van der Waals surface area contributed by atoms with Gasteiger partial charge in [-0.15, -0.1) is 0 Å². The molecule has 0 spiro atoms. The fraction of sp³-hybridized carbons (Fsp3) is 0. The summed E-state index contributed by atoms with van der Waals surface area (Å²) in [7, 11) is 0. The Morgan fingerprint density at radius 2 is 1.00 bits per heavy atom. The highest BCUT2D eigenvalue weighted by atomic mass is 35.5. The molecule has 6 nitrogen and oxygen atoms in total. The van der Waals surface area contributed by atoms with Crippen molar-refractivity contribution >= 4 is 69.5 Å². The number of hydrogen-bond donors (Lipinski definition) is 0. The van der Waals surface area contributed by atoms with Gasteiger partial charge in [-0.2, -0.15) is 0 Å². The third-order valence-corrected chi connectivity index (χ3v) is 7.96. The second-order valence-corrected chi connectivity index (χ2v) is 10.1. The molecule has 0 saturated heterocycles. The van der Waals surface area contributed by atoms with E-state index >= 15 is 0 Å². The van der Waals surface area contributed by atoms with Crippen molar-refractivity contribution in [3.8, 4) is 22.3 Å². The maximum absolute atomic E-state index is 14.7. The lowest BCUT2D eigenvalue weighted by atomic mass is 10.0. The van der Waals surface area contributed by atoms with Crippen LogP contribution in [-0.2, 0) is 0 Å². The molecule has 0 heterocycles. The Kier molecular flexibility index (Phi) is 7.91. The zero-order chi connectivity index (χ0) is 27.0. The summed E-state index contributed by atoms with van der Waals surface area (Å²) in [5.74, 6) is -1.78. The van der Waals surface area contributed by atoms with Crippen LogP contribution in [0.4, 0.5) is 20.2 Å². The first-order valence-electron chi connectivity index (χ1n) is 10.0. The molecule has 0 N–H and O–H groups in total. The molecule has 13 heteroatoms. The van der Waals surface area contributed by atoms with E-state index in [0.717, 1.165) is 36.0 Å². The van der Waals surface area contributed by atoms with E-state index < -0.39 is 32.9 Å². The maximum atomic E-state index is 14.7. The van der Waals surface area contributed by atoms with Gasteiger partial charge in [0.15, 0.2) is 0 Å². The lowest BCUT2D eigenvalue weighted by Crippen LogP contribution is -1.94. The Morgan fingerprint density at radius 3 is 1.32 bits per heavy atom. The number of nitro benzene ring substituents is 2. The van der Waals surface area contributed by atoms with E-state index in [1.54, 1.807) is 12.1 Å². The van der Waals surface area contributed by atoms with Gasteiger partial charge in [-0.25, -0.2) is 8.78 Å². The van der Waals surface area contributed by atoms with E-state index in [2.05, 4.69) is 0 Å². The fourth-order valence-corrected chi connectivity index (χ4v) is 5.75. The molecular formula is C24H10Cl4F2N2O4S. The van der Waals surface area contributed by atoms with Gasteiger partial charge in [0.1, 0.15) is 11.6 Å². The van der Waals surface area contributed by atoms with Crippen molar-refractivity contribution in [2.45, 2.75) is 9.79 Å². The monoisotopic (exact) mass is 600 g/mol. The topological polar surface area (TPSA) is 86.3 Å². The quantitative estimate of drug-likeness (QED) is 0.162. The van der Waals surface area contributed by atoms with E-state index in [4.69, 9.17) is 46.4 Å². The van der Waals surface area contributed by atoms with E-state index in [1.165, 1.54) is 24.3 Å². The molecule has 0 bridgehead atoms. The molecule has 0 aliphatic carbocycles. The van der Waals surface area contributed by atoms with Gasteiger partial charge in [0.2, 0.25) is 0 Å². The molecule has 0 aliphatic rings. The number of benzene rings is 4. The van der Waals surface area contributed by atoms with Crippen molar-refractivity contribution in [1.29, 1.82) is 0 Å². The van der Waals surface area contributed by atoms with Crippen molar-refractivity contribution in [2.24, 2.45) is 0 Å². The SMILES string of the molecule is O=[N+]([O-])c1ccc(-c2c(Cl)ccc(Sc3ccc(Cl)c(-c4ccc([N+](=O)[O-])cc4F)c3Cl)c2Cl)c(F)c1. The normalized spacial score (nSPS) is 11.0. The van der Waals surface area contributed by atoms with Gasteiger partial charge >= 0.3 is 0 Å². The molecule has 4 aromatic carbocycles. The second kappa shape index (κ2) is 10.8. The lowest BCUT2D eigenvalue weighted by molar-refractivity contribution is -0.385. The van der Waals surface area contributed by atoms with E-state index in [0.29, 0.717) is 9.79 Å². The smallest absolute Gasteiger partial charge is 0.258 e. The highest BCUT2D eigenvalue weighted by molar-refractivity contribution is 7.99. The summed E-state index contributed by atoms with van der Waals surface area (Å²) in [5, 5.41) is 22.2. The van der Waals surface area contributed by atoms with Crippen molar-refractivity contribution in [3.63, 3.8) is 0 Å². The van der Waals surface area contributed by atoms with Crippen LogP contribution in [0.5, 0.6) is 0 Å². The van der Waals surface area contributed by atoms with Gasteiger partial charge in [-0.05, 0) is 36.4 Å². The molecule has 37 heavy (non-hydrogen) atoms. The summed E-state index contributed by atoms with van der Waals surface area (Å²) in [6.07, 6.45) is 0. The van der Waals surface area contributed by atoms with E-state index in [9.17, 15) is 29.0 Å². The van der Waals surface area contributed by atoms with Crippen LogP contribution in [0.3, 0.4) is 0 Å². The Balaban J connectivity index is 1.78. The summed E-state index contributed by atoms with van der Waals surface area (Å²) >= 11 is 26.8. The van der Waals surface area contributed by atoms with Crippen molar-refractivity contribution < 1.29 is 18.6 Å². The molecule has 0 unspecified atom stereocenters. The van der Waals surface area contributed by atoms with E-state index in [-0.39, 0.29) is 42.3 Å². The van der Waals surface area contributed by atoms with Crippen LogP contribution in [0.2, 0.25) is 20.1 Å². The summed E-state index contributed by atoms with van der Waals surface area (Å²) in [4.78, 5) is 21.3. The Morgan fingerprint density at radius 1 is 0.622 bits per heavy atom. The zero-order valence-corrected chi connectivity index (χ0v) is 21.8. The van der Waals surface area contributed by atoms with Crippen molar-refractivity contribution in [1.82, 2.24) is 0 Å². The predicted octanol–water partition coefficient (Wildman–Crippen LogP) is 9.88. The average molecular weight is 602 g/mol. The number of nitro groups is 2. The predicted molar refractivity (Wildman–Crippen MR) is 141 cm³/mol. The number of nitrogens with zero attached hydrogens (tertiary/aromatic N) is 2. The van der Waals surface area contributed by atoms with Gasteiger partial charge in [0.05, 0.1) is 42.1 Å². The minimum atomic E-state index is -0.888. The molecule has 188 valence electrons. The molecule has 0 aromatic heterocycles. The molecule has 0 fully saturated rings. The van der Waals surface area contributed by atoms with Gasteiger partial charge in [-0.3, -0.25) is 20.2 Å². The molecular weight excluding hydrogens is 592 g/mol. The minimum Gasteiger partial charge on any atom is -0.258 e. The van der Waals surface area contributed by atoms with Gasteiger partial charge < -0.3 is 0 Å². The number of rotatable bonds is 6. The third-order valence-electron chi connectivity index (χ3n) is 5.20. The summed E-state index contributed by atoms with van der Waals surface area (Å²) < 4.78 is 29.5. The Hall–Kier alpha value is -2.95. The van der Waals surface area contributed by atoms with Crippen LogP contribution in [0.1, 0.15) is 0 Å². The third kappa shape index (κ3) is 5.37. The molecule has 4 aromatic rings. The van der Waals surface area contributed by atoms with Crippen LogP contribution in [0, 0.1) is 31.9 Å².